The van der Waals surface area contributed by atoms with Crippen LogP contribution < -0.4 is 5.32 Å². The highest BCUT2D eigenvalue weighted by Crippen LogP contribution is 2.13. The summed E-state index contributed by atoms with van der Waals surface area (Å²) < 4.78 is 10.7. The van der Waals surface area contributed by atoms with Crippen molar-refractivity contribution < 1.29 is 9.47 Å². The Morgan fingerprint density at radius 2 is 2.27 bits per heavy atom. The summed E-state index contributed by atoms with van der Waals surface area (Å²) in [5, 5.41) is 3.58. The quantitative estimate of drug-likeness (QED) is 0.731. The van der Waals surface area contributed by atoms with Gasteiger partial charge in [0.05, 0.1) is 13.2 Å². The van der Waals surface area contributed by atoms with Crippen molar-refractivity contribution in [3.63, 3.8) is 0 Å². The summed E-state index contributed by atoms with van der Waals surface area (Å²) in [7, 11) is 1.76. The van der Waals surface area contributed by atoms with Crippen LogP contribution in [0.3, 0.4) is 0 Å². The molecule has 1 aliphatic rings. The molecule has 1 aliphatic heterocycles. The molecular formula is C12H25NO2. The predicted molar refractivity (Wildman–Crippen MR) is 62.0 cm³/mol. The summed E-state index contributed by atoms with van der Waals surface area (Å²) in [6.07, 6.45) is 2.51. The van der Waals surface area contributed by atoms with E-state index in [0.29, 0.717) is 17.9 Å². The minimum Gasteiger partial charge on any atom is -0.383 e. The van der Waals surface area contributed by atoms with Crippen molar-refractivity contribution in [1.82, 2.24) is 5.32 Å². The smallest absolute Gasteiger partial charge is 0.0618 e. The van der Waals surface area contributed by atoms with Crippen molar-refractivity contribution >= 4 is 0 Å². The molecule has 0 radical (unpaired) electrons. The molecule has 0 aromatic heterocycles. The highest BCUT2D eigenvalue weighted by Gasteiger charge is 2.17. The predicted octanol–water partition coefficient (Wildman–Crippen LogP) is 1.67. The van der Waals surface area contributed by atoms with Crippen LogP contribution in [0, 0.1) is 11.8 Å². The maximum Gasteiger partial charge on any atom is 0.0618 e. The van der Waals surface area contributed by atoms with Crippen LogP contribution in [-0.2, 0) is 9.47 Å². The van der Waals surface area contributed by atoms with E-state index in [2.05, 4.69) is 19.2 Å². The largest absolute Gasteiger partial charge is 0.383 e. The maximum atomic E-state index is 5.46. The summed E-state index contributed by atoms with van der Waals surface area (Å²) in [5.41, 5.74) is 0. The van der Waals surface area contributed by atoms with E-state index in [9.17, 15) is 0 Å². The number of rotatable bonds is 6. The first-order chi connectivity index (χ1) is 7.24. The van der Waals surface area contributed by atoms with E-state index in [0.717, 1.165) is 26.4 Å². The second-order valence-electron chi connectivity index (χ2n) is 4.80. The lowest BCUT2D eigenvalue weighted by molar-refractivity contribution is 0.0506. The fraction of sp³-hybridized carbons (Fsp3) is 1.00. The second kappa shape index (κ2) is 7.20. The van der Waals surface area contributed by atoms with Crippen LogP contribution in [0.1, 0.15) is 26.7 Å². The average molecular weight is 215 g/mol. The zero-order chi connectivity index (χ0) is 11.1. The summed E-state index contributed by atoms with van der Waals surface area (Å²) in [4.78, 5) is 0. The number of hydrogen-bond donors (Lipinski definition) is 1. The van der Waals surface area contributed by atoms with Gasteiger partial charge in [0.1, 0.15) is 0 Å². The summed E-state index contributed by atoms with van der Waals surface area (Å²) >= 11 is 0. The van der Waals surface area contributed by atoms with Gasteiger partial charge in [0.25, 0.3) is 0 Å². The molecule has 1 saturated heterocycles. The van der Waals surface area contributed by atoms with E-state index in [1.807, 2.05) is 0 Å². The molecule has 2 unspecified atom stereocenters. The third kappa shape index (κ3) is 4.96. The molecule has 0 spiro atoms. The number of ether oxygens (including phenoxy) is 2. The SMILES string of the molecule is COCC(NCC1CCCOC1)C(C)C. The topological polar surface area (TPSA) is 30.5 Å². The Balaban J connectivity index is 2.19. The molecule has 3 nitrogen and oxygen atoms in total. The molecule has 1 fully saturated rings. The van der Waals surface area contributed by atoms with Crippen molar-refractivity contribution in [3.05, 3.63) is 0 Å². The molecule has 0 saturated carbocycles. The summed E-state index contributed by atoms with van der Waals surface area (Å²) in [6.45, 7) is 8.19. The first kappa shape index (κ1) is 12.9. The lowest BCUT2D eigenvalue weighted by atomic mass is 10.00. The van der Waals surface area contributed by atoms with Crippen molar-refractivity contribution in [2.45, 2.75) is 32.7 Å². The van der Waals surface area contributed by atoms with Gasteiger partial charge in [0.2, 0.25) is 0 Å². The molecule has 90 valence electrons. The van der Waals surface area contributed by atoms with Gasteiger partial charge in [-0.3, -0.25) is 0 Å². The number of methoxy groups -OCH3 is 1. The van der Waals surface area contributed by atoms with Crippen LogP contribution >= 0.6 is 0 Å². The second-order valence-corrected chi connectivity index (χ2v) is 4.80. The zero-order valence-corrected chi connectivity index (χ0v) is 10.3. The minimum atomic E-state index is 0.469. The maximum absolute atomic E-state index is 5.46. The van der Waals surface area contributed by atoms with Gasteiger partial charge in [-0.2, -0.15) is 0 Å². The van der Waals surface area contributed by atoms with Gasteiger partial charge in [0, 0.05) is 26.3 Å². The van der Waals surface area contributed by atoms with Crippen LogP contribution in [0.25, 0.3) is 0 Å². The third-order valence-corrected chi connectivity index (χ3v) is 3.07. The van der Waals surface area contributed by atoms with Crippen molar-refractivity contribution in [3.8, 4) is 0 Å². The molecule has 0 amide bonds. The molecule has 0 aromatic rings. The van der Waals surface area contributed by atoms with E-state index < -0.39 is 0 Å². The summed E-state index contributed by atoms with van der Waals surface area (Å²) in [6, 6.07) is 0.469. The van der Waals surface area contributed by atoms with E-state index in [1.165, 1.54) is 12.8 Å². The van der Waals surface area contributed by atoms with E-state index in [4.69, 9.17) is 9.47 Å². The van der Waals surface area contributed by atoms with Gasteiger partial charge in [-0.25, -0.2) is 0 Å². The minimum absolute atomic E-state index is 0.469. The molecule has 3 heteroatoms. The van der Waals surface area contributed by atoms with Crippen LogP contribution in [0.15, 0.2) is 0 Å². The fourth-order valence-electron chi connectivity index (χ4n) is 1.95. The Morgan fingerprint density at radius 1 is 1.47 bits per heavy atom. The lowest BCUT2D eigenvalue weighted by Gasteiger charge is -2.27. The highest BCUT2D eigenvalue weighted by atomic mass is 16.5. The molecule has 0 bridgehead atoms. The number of nitrogens with one attached hydrogen (secondary N) is 1. The first-order valence-corrected chi connectivity index (χ1v) is 6.04. The molecule has 1 rings (SSSR count). The Bertz CT molecular complexity index is 156. The lowest BCUT2D eigenvalue weighted by Crippen LogP contribution is -2.41. The molecule has 1 N–H and O–H groups in total. The average Bonchev–Trinajstić information content (AvgIpc) is 2.25. The van der Waals surface area contributed by atoms with Crippen molar-refractivity contribution in [2.24, 2.45) is 11.8 Å². The van der Waals surface area contributed by atoms with Gasteiger partial charge in [-0.05, 0) is 24.7 Å². The van der Waals surface area contributed by atoms with Gasteiger partial charge in [-0.1, -0.05) is 13.8 Å². The van der Waals surface area contributed by atoms with Crippen LogP contribution in [-0.4, -0.2) is 39.5 Å². The standard InChI is InChI=1S/C12H25NO2/c1-10(2)12(9-14-3)13-7-11-5-4-6-15-8-11/h10-13H,4-9H2,1-3H3. The Morgan fingerprint density at radius 3 is 2.80 bits per heavy atom. The normalized spacial score (nSPS) is 24.4. The molecule has 2 atom stereocenters. The van der Waals surface area contributed by atoms with E-state index >= 15 is 0 Å². The van der Waals surface area contributed by atoms with Gasteiger partial charge >= 0.3 is 0 Å². The Kier molecular flexibility index (Phi) is 6.22. The summed E-state index contributed by atoms with van der Waals surface area (Å²) in [5.74, 6) is 1.31. The van der Waals surface area contributed by atoms with Crippen LogP contribution in [0.2, 0.25) is 0 Å². The first-order valence-electron chi connectivity index (χ1n) is 6.04. The highest BCUT2D eigenvalue weighted by molar-refractivity contribution is 4.73. The van der Waals surface area contributed by atoms with Gasteiger partial charge in [0.15, 0.2) is 0 Å². The zero-order valence-electron chi connectivity index (χ0n) is 10.3. The Labute approximate surface area is 93.5 Å². The molecular weight excluding hydrogens is 190 g/mol. The molecule has 15 heavy (non-hydrogen) atoms. The monoisotopic (exact) mass is 215 g/mol. The van der Waals surface area contributed by atoms with Gasteiger partial charge in [-0.15, -0.1) is 0 Å². The Hall–Kier alpha value is -0.120. The van der Waals surface area contributed by atoms with Crippen LogP contribution in [0.5, 0.6) is 0 Å². The van der Waals surface area contributed by atoms with Crippen molar-refractivity contribution in [1.29, 1.82) is 0 Å². The molecule has 0 aromatic carbocycles. The third-order valence-electron chi connectivity index (χ3n) is 3.07. The van der Waals surface area contributed by atoms with E-state index in [-0.39, 0.29) is 0 Å². The van der Waals surface area contributed by atoms with E-state index in [1.54, 1.807) is 7.11 Å². The molecule has 0 aliphatic carbocycles. The fourth-order valence-corrected chi connectivity index (χ4v) is 1.95. The van der Waals surface area contributed by atoms with Crippen LogP contribution in [0.4, 0.5) is 0 Å². The van der Waals surface area contributed by atoms with Crippen molar-refractivity contribution in [2.75, 3.05) is 33.5 Å². The number of hydrogen-bond acceptors (Lipinski definition) is 3. The molecule has 1 heterocycles. The van der Waals surface area contributed by atoms with Gasteiger partial charge < -0.3 is 14.8 Å².